The predicted octanol–water partition coefficient (Wildman–Crippen LogP) is 4.83. The minimum atomic E-state index is -0.159. The molecule has 0 aromatic heterocycles. The third-order valence-electron chi connectivity index (χ3n) is 4.69. The van der Waals surface area contributed by atoms with Crippen molar-refractivity contribution in [2.45, 2.75) is 52.0 Å². The fourth-order valence-corrected chi connectivity index (χ4v) is 3.62. The van der Waals surface area contributed by atoms with E-state index < -0.39 is 0 Å². The minimum absolute atomic E-state index is 0.109. The molecular weight excluding hydrogens is 294 g/mol. The normalized spacial score (nSPS) is 23.1. The van der Waals surface area contributed by atoms with Gasteiger partial charge in [0, 0.05) is 16.5 Å². The third-order valence-corrected chi connectivity index (χ3v) is 4.94. The van der Waals surface area contributed by atoms with Crippen LogP contribution in [0.2, 0.25) is 5.02 Å². The van der Waals surface area contributed by atoms with Crippen molar-refractivity contribution in [3.8, 4) is 0 Å². The fourth-order valence-electron chi connectivity index (χ4n) is 3.49. The molecule has 1 spiro atoms. The van der Waals surface area contributed by atoms with E-state index in [1.165, 1.54) is 24.0 Å². The largest absolute Gasteiger partial charge is 0.351 e. The molecular formula is C19H24ClNO. The highest BCUT2D eigenvalue weighted by molar-refractivity contribution is 6.30. The number of hydrogen-bond acceptors (Lipinski definition) is 1. The van der Waals surface area contributed by atoms with Crippen molar-refractivity contribution in [2.75, 3.05) is 0 Å². The van der Waals surface area contributed by atoms with Crippen LogP contribution in [0.5, 0.6) is 0 Å². The van der Waals surface area contributed by atoms with Gasteiger partial charge >= 0.3 is 0 Å². The van der Waals surface area contributed by atoms with Gasteiger partial charge in [-0.1, -0.05) is 29.8 Å². The summed E-state index contributed by atoms with van der Waals surface area (Å²) in [6.45, 7) is 6.11. The van der Waals surface area contributed by atoms with E-state index in [4.69, 9.17) is 11.6 Å². The Bertz CT molecular complexity index is 605. The van der Waals surface area contributed by atoms with E-state index in [2.05, 4.69) is 23.5 Å². The Morgan fingerprint density at radius 1 is 1.23 bits per heavy atom. The van der Waals surface area contributed by atoms with Crippen molar-refractivity contribution in [1.29, 1.82) is 0 Å². The maximum absolute atomic E-state index is 12.5. The zero-order chi connectivity index (χ0) is 16.0. The van der Waals surface area contributed by atoms with Gasteiger partial charge in [0.1, 0.15) is 0 Å². The molecule has 0 heterocycles. The molecule has 1 unspecified atom stereocenters. The molecule has 0 saturated heterocycles. The van der Waals surface area contributed by atoms with Crippen LogP contribution < -0.4 is 5.32 Å². The van der Waals surface area contributed by atoms with Crippen molar-refractivity contribution in [2.24, 2.45) is 11.3 Å². The van der Waals surface area contributed by atoms with Crippen LogP contribution >= 0.6 is 11.6 Å². The van der Waals surface area contributed by atoms with Gasteiger partial charge in [-0.2, -0.15) is 0 Å². The molecule has 0 radical (unpaired) electrons. The average Bonchev–Trinajstić information content (AvgIpc) is 3.18. The van der Waals surface area contributed by atoms with E-state index in [9.17, 15) is 4.79 Å². The molecule has 1 saturated carbocycles. The maximum Gasteiger partial charge on any atom is 0.223 e. The first-order valence-electron chi connectivity index (χ1n) is 8.08. The van der Waals surface area contributed by atoms with Crippen LogP contribution in [0.25, 0.3) is 5.57 Å². The van der Waals surface area contributed by atoms with Crippen molar-refractivity contribution >= 4 is 23.1 Å². The van der Waals surface area contributed by atoms with Crippen molar-refractivity contribution in [1.82, 2.24) is 5.32 Å². The van der Waals surface area contributed by atoms with Gasteiger partial charge in [-0.25, -0.2) is 0 Å². The first-order chi connectivity index (χ1) is 10.3. The Morgan fingerprint density at radius 3 is 2.41 bits per heavy atom. The topological polar surface area (TPSA) is 29.1 Å². The van der Waals surface area contributed by atoms with Gasteiger partial charge in [-0.15, -0.1) is 0 Å². The van der Waals surface area contributed by atoms with Gasteiger partial charge < -0.3 is 5.32 Å². The number of hydrogen-bond donors (Lipinski definition) is 1. The van der Waals surface area contributed by atoms with Gasteiger partial charge in [-0.05, 0) is 75.1 Å². The van der Waals surface area contributed by atoms with E-state index in [-0.39, 0.29) is 22.8 Å². The lowest BCUT2D eigenvalue weighted by Gasteiger charge is -2.32. The molecule has 0 aliphatic heterocycles. The van der Waals surface area contributed by atoms with Crippen LogP contribution in [-0.4, -0.2) is 11.4 Å². The smallest absolute Gasteiger partial charge is 0.223 e. The second-order valence-corrected chi connectivity index (χ2v) is 8.22. The molecule has 1 amide bonds. The number of rotatable bonds is 2. The second-order valence-electron chi connectivity index (χ2n) is 7.78. The molecule has 3 rings (SSSR count). The lowest BCUT2D eigenvalue weighted by molar-refractivity contribution is -0.127. The van der Waals surface area contributed by atoms with E-state index in [1.807, 2.05) is 32.9 Å². The lowest BCUT2D eigenvalue weighted by Crippen LogP contribution is -2.44. The molecule has 1 aromatic carbocycles. The summed E-state index contributed by atoms with van der Waals surface area (Å²) in [7, 11) is 0. The zero-order valence-corrected chi connectivity index (χ0v) is 14.3. The molecule has 2 aliphatic rings. The number of carbonyl (C=O) groups excluding carboxylic acids is 1. The maximum atomic E-state index is 12.5. The lowest BCUT2D eigenvalue weighted by atomic mass is 9.75. The van der Waals surface area contributed by atoms with Crippen molar-refractivity contribution in [3.05, 3.63) is 40.9 Å². The van der Waals surface area contributed by atoms with Crippen LogP contribution in [0.3, 0.4) is 0 Å². The highest BCUT2D eigenvalue weighted by atomic mass is 35.5. The van der Waals surface area contributed by atoms with Gasteiger partial charge in [0.2, 0.25) is 5.91 Å². The molecule has 118 valence electrons. The SMILES string of the molecule is CC(C)(C)NC(=O)C1CC=C(c2ccc(Cl)cc2)C2(CC2)C1. The summed E-state index contributed by atoms with van der Waals surface area (Å²) < 4.78 is 0. The third kappa shape index (κ3) is 3.22. The Hall–Kier alpha value is -1.28. The summed E-state index contributed by atoms with van der Waals surface area (Å²) in [6, 6.07) is 8.10. The monoisotopic (exact) mass is 317 g/mol. The molecule has 0 bridgehead atoms. The van der Waals surface area contributed by atoms with Gasteiger partial charge in [0.15, 0.2) is 0 Å². The molecule has 1 atom stereocenters. The summed E-state index contributed by atoms with van der Waals surface area (Å²) >= 11 is 5.99. The fraction of sp³-hybridized carbons (Fsp3) is 0.526. The molecule has 3 heteroatoms. The quantitative estimate of drug-likeness (QED) is 0.831. The molecule has 22 heavy (non-hydrogen) atoms. The summed E-state index contributed by atoms with van der Waals surface area (Å²) in [5.41, 5.74) is 2.75. The number of amides is 1. The second kappa shape index (κ2) is 5.42. The number of nitrogens with one attached hydrogen (secondary N) is 1. The Labute approximate surface area is 137 Å². The van der Waals surface area contributed by atoms with Gasteiger partial charge in [-0.3, -0.25) is 4.79 Å². The first kappa shape index (κ1) is 15.6. The summed E-state index contributed by atoms with van der Waals surface area (Å²) in [6.07, 6.45) is 6.49. The molecule has 1 N–H and O–H groups in total. The van der Waals surface area contributed by atoms with Gasteiger partial charge in [0.25, 0.3) is 0 Å². The number of benzene rings is 1. The number of halogens is 1. The van der Waals surface area contributed by atoms with Crippen molar-refractivity contribution < 1.29 is 4.79 Å². The van der Waals surface area contributed by atoms with Crippen molar-refractivity contribution in [3.63, 3.8) is 0 Å². The van der Waals surface area contributed by atoms with Gasteiger partial charge in [0.05, 0.1) is 0 Å². The first-order valence-corrected chi connectivity index (χ1v) is 8.46. The van der Waals surface area contributed by atoms with Crippen LogP contribution in [0.1, 0.15) is 52.0 Å². The number of carbonyl (C=O) groups is 1. The van der Waals surface area contributed by atoms with Crippen LogP contribution in [0.15, 0.2) is 30.3 Å². The van der Waals surface area contributed by atoms with E-state index >= 15 is 0 Å². The summed E-state index contributed by atoms with van der Waals surface area (Å²) in [5.74, 6) is 0.308. The van der Waals surface area contributed by atoms with Crippen LogP contribution in [-0.2, 0) is 4.79 Å². The van der Waals surface area contributed by atoms with E-state index in [1.54, 1.807) is 0 Å². The summed E-state index contributed by atoms with van der Waals surface area (Å²) in [5, 5.41) is 3.90. The standard InChI is InChI=1S/C19H24ClNO/c1-18(2,3)21-17(22)14-6-9-16(19(12-14)10-11-19)13-4-7-15(20)8-5-13/h4-5,7-9,14H,6,10-12H2,1-3H3,(H,21,22). The molecule has 1 aromatic rings. The van der Waals surface area contributed by atoms with E-state index in [0.29, 0.717) is 0 Å². The molecule has 2 nitrogen and oxygen atoms in total. The number of allylic oxidation sites excluding steroid dienone is 2. The van der Waals surface area contributed by atoms with Crippen LogP contribution in [0, 0.1) is 11.3 Å². The summed E-state index contributed by atoms with van der Waals surface area (Å²) in [4.78, 5) is 12.5. The average molecular weight is 318 g/mol. The molecule has 1 fully saturated rings. The van der Waals surface area contributed by atoms with Crippen LogP contribution in [0.4, 0.5) is 0 Å². The Balaban J connectivity index is 1.79. The highest BCUT2D eigenvalue weighted by Gasteiger charge is 2.50. The minimum Gasteiger partial charge on any atom is -0.351 e. The van der Waals surface area contributed by atoms with E-state index in [0.717, 1.165) is 17.9 Å². The zero-order valence-electron chi connectivity index (χ0n) is 13.6. The predicted molar refractivity (Wildman–Crippen MR) is 91.7 cm³/mol. The Kier molecular flexibility index (Phi) is 3.84. The molecule has 2 aliphatic carbocycles. The Morgan fingerprint density at radius 2 is 1.86 bits per heavy atom. The highest BCUT2D eigenvalue weighted by Crippen LogP contribution is 2.62.